The lowest BCUT2D eigenvalue weighted by Crippen LogP contribution is -2.42. The van der Waals surface area contributed by atoms with Gasteiger partial charge in [0, 0.05) is 37.3 Å². The Morgan fingerprint density at radius 3 is 2.93 bits per heavy atom. The topological polar surface area (TPSA) is 53.5 Å². The van der Waals surface area contributed by atoms with Crippen molar-refractivity contribution in [3.8, 4) is 11.5 Å². The summed E-state index contributed by atoms with van der Waals surface area (Å²) >= 11 is 0. The molecule has 1 aromatic carbocycles. The highest BCUT2D eigenvalue weighted by Gasteiger charge is 2.18. The van der Waals surface area contributed by atoms with Gasteiger partial charge in [0.15, 0.2) is 0 Å². The van der Waals surface area contributed by atoms with Crippen LogP contribution < -0.4 is 15.4 Å². The molecule has 1 fully saturated rings. The van der Waals surface area contributed by atoms with E-state index in [1.807, 2.05) is 6.07 Å². The van der Waals surface area contributed by atoms with Gasteiger partial charge in [-0.3, -0.25) is 0 Å². The van der Waals surface area contributed by atoms with Gasteiger partial charge in [-0.15, -0.1) is 0 Å². The Labute approximate surface area is 89.3 Å². The zero-order valence-corrected chi connectivity index (χ0v) is 8.79. The van der Waals surface area contributed by atoms with Crippen LogP contribution in [0.25, 0.3) is 0 Å². The third-order valence-corrected chi connectivity index (χ3v) is 2.63. The molecule has 0 spiro atoms. The first-order valence-corrected chi connectivity index (χ1v) is 5.12. The molecule has 0 unspecified atom stereocenters. The summed E-state index contributed by atoms with van der Waals surface area (Å²) in [5.74, 6) is 0.968. The molecule has 3 N–H and O–H groups in total. The summed E-state index contributed by atoms with van der Waals surface area (Å²) in [4.78, 5) is 0. The quantitative estimate of drug-likeness (QED) is 0.667. The fraction of sp³-hybridized carbons (Fsp3) is 0.455. The number of benzene rings is 1. The molecule has 0 bridgehead atoms. The van der Waals surface area contributed by atoms with Crippen molar-refractivity contribution >= 4 is 0 Å². The van der Waals surface area contributed by atoms with Crippen molar-refractivity contribution in [3.63, 3.8) is 0 Å². The van der Waals surface area contributed by atoms with Crippen LogP contribution in [0.3, 0.4) is 0 Å². The number of phenolic OH excluding ortho intramolecular Hbond substituents is 1. The molecule has 1 aliphatic heterocycles. The molecule has 0 radical (unpaired) electrons. The molecule has 0 aliphatic carbocycles. The maximum absolute atomic E-state index is 9.35. The van der Waals surface area contributed by atoms with Gasteiger partial charge in [-0.2, -0.15) is 0 Å². The molecule has 1 aromatic rings. The lowest BCUT2D eigenvalue weighted by atomic mass is 10.0. The second-order valence-electron chi connectivity index (χ2n) is 3.64. The van der Waals surface area contributed by atoms with Crippen LogP contribution >= 0.6 is 0 Å². The minimum absolute atomic E-state index is 0.236. The Kier molecular flexibility index (Phi) is 3.08. The number of ether oxygens (including phenoxy) is 1. The van der Waals surface area contributed by atoms with Gasteiger partial charge in [0.1, 0.15) is 11.5 Å². The van der Waals surface area contributed by atoms with E-state index in [9.17, 15) is 5.11 Å². The molecule has 1 heterocycles. The first kappa shape index (κ1) is 10.3. The van der Waals surface area contributed by atoms with Crippen LogP contribution in [0.1, 0.15) is 11.6 Å². The SMILES string of the molecule is COc1cc(O)ccc1[C@H]1CNCCN1. The van der Waals surface area contributed by atoms with Gasteiger partial charge >= 0.3 is 0 Å². The second-order valence-corrected chi connectivity index (χ2v) is 3.64. The van der Waals surface area contributed by atoms with E-state index in [4.69, 9.17) is 4.74 Å². The summed E-state index contributed by atoms with van der Waals surface area (Å²) in [5, 5.41) is 16.1. The van der Waals surface area contributed by atoms with E-state index >= 15 is 0 Å². The maximum Gasteiger partial charge on any atom is 0.127 e. The number of hydrogen-bond donors (Lipinski definition) is 3. The average molecular weight is 208 g/mol. The number of piperazine rings is 1. The summed E-state index contributed by atoms with van der Waals surface area (Å²) in [6, 6.07) is 5.49. The van der Waals surface area contributed by atoms with Crippen molar-refractivity contribution in [1.82, 2.24) is 10.6 Å². The van der Waals surface area contributed by atoms with Crippen LogP contribution in [-0.2, 0) is 0 Å². The molecule has 2 rings (SSSR count). The number of methoxy groups -OCH3 is 1. The van der Waals surface area contributed by atoms with Gasteiger partial charge in [0.25, 0.3) is 0 Å². The van der Waals surface area contributed by atoms with Gasteiger partial charge in [-0.1, -0.05) is 6.07 Å². The van der Waals surface area contributed by atoms with Crippen molar-refractivity contribution in [3.05, 3.63) is 23.8 Å². The monoisotopic (exact) mass is 208 g/mol. The summed E-state index contributed by atoms with van der Waals surface area (Å²) in [5.41, 5.74) is 1.09. The number of phenols is 1. The summed E-state index contributed by atoms with van der Waals surface area (Å²) in [6.45, 7) is 2.84. The summed E-state index contributed by atoms with van der Waals surface area (Å²) < 4.78 is 5.25. The molecular weight excluding hydrogens is 192 g/mol. The molecule has 1 saturated heterocycles. The molecule has 15 heavy (non-hydrogen) atoms. The number of nitrogens with one attached hydrogen (secondary N) is 2. The standard InChI is InChI=1S/C11H16N2O2/c1-15-11-6-8(14)2-3-9(11)10-7-12-4-5-13-10/h2-3,6,10,12-14H,4-5,7H2,1H3/t10-/m1/s1. The molecule has 0 aromatic heterocycles. The van der Waals surface area contributed by atoms with Crippen molar-refractivity contribution in [1.29, 1.82) is 0 Å². The van der Waals surface area contributed by atoms with Gasteiger partial charge in [0.2, 0.25) is 0 Å². The molecule has 1 aliphatic rings. The third kappa shape index (κ3) is 2.22. The van der Waals surface area contributed by atoms with E-state index in [0.717, 1.165) is 30.9 Å². The van der Waals surface area contributed by atoms with Gasteiger partial charge < -0.3 is 20.5 Å². The van der Waals surface area contributed by atoms with E-state index < -0.39 is 0 Å². The van der Waals surface area contributed by atoms with Gasteiger partial charge in [0.05, 0.1) is 7.11 Å². The van der Waals surface area contributed by atoms with E-state index in [2.05, 4.69) is 10.6 Å². The largest absolute Gasteiger partial charge is 0.508 e. The highest BCUT2D eigenvalue weighted by Crippen LogP contribution is 2.29. The van der Waals surface area contributed by atoms with E-state index in [1.165, 1.54) is 0 Å². The number of rotatable bonds is 2. The zero-order chi connectivity index (χ0) is 10.7. The maximum atomic E-state index is 9.35. The molecule has 0 amide bonds. The van der Waals surface area contributed by atoms with Crippen LogP contribution in [0.5, 0.6) is 11.5 Å². The molecule has 4 nitrogen and oxygen atoms in total. The van der Waals surface area contributed by atoms with Crippen LogP contribution in [0, 0.1) is 0 Å². The Morgan fingerprint density at radius 1 is 1.40 bits per heavy atom. The summed E-state index contributed by atoms with van der Waals surface area (Å²) in [7, 11) is 1.62. The predicted molar refractivity (Wildman–Crippen MR) is 58.3 cm³/mol. The Morgan fingerprint density at radius 2 is 2.27 bits per heavy atom. The van der Waals surface area contributed by atoms with E-state index in [-0.39, 0.29) is 11.8 Å². The fourth-order valence-electron chi connectivity index (χ4n) is 1.86. The lowest BCUT2D eigenvalue weighted by molar-refractivity contribution is 0.377. The minimum Gasteiger partial charge on any atom is -0.508 e. The molecular formula is C11H16N2O2. The average Bonchev–Trinajstić information content (AvgIpc) is 2.30. The Hall–Kier alpha value is -1.26. The molecule has 1 atom stereocenters. The highest BCUT2D eigenvalue weighted by atomic mass is 16.5. The van der Waals surface area contributed by atoms with Crippen LogP contribution in [0.2, 0.25) is 0 Å². The minimum atomic E-state index is 0.236. The first-order chi connectivity index (χ1) is 7.31. The van der Waals surface area contributed by atoms with E-state index in [0.29, 0.717) is 0 Å². The van der Waals surface area contributed by atoms with Gasteiger partial charge in [-0.25, -0.2) is 0 Å². The van der Waals surface area contributed by atoms with Gasteiger partial charge in [-0.05, 0) is 6.07 Å². The normalized spacial score (nSPS) is 21.3. The predicted octanol–water partition coefficient (Wildman–Crippen LogP) is 0.635. The first-order valence-electron chi connectivity index (χ1n) is 5.12. The van der Waals surface area contributed by atoms with E-state index in [1.54, 1.807) is 19.2 Å². The molecule has 0 saturated carbocycles. The van der Waals surface area contributed by atoms with Crippen molar-refractivity contribution in [2.24, 2.45) is 0 Å². The Bertz CT molecular complexity index is 335. The highest BCUT2D eigenvalue weighted by molar-refractivity contribution is 5.42. The third-order valence-electron chi connectivity index (χ3n) is 2.63. The molecule has 4 heteroatoms. The number of hydrogen-bond acceptors (Lipinski definition) is 4. The summed E-state index contributed by atoms with van der Waals surface area (Å²) in [6.07, 6.45) is 0. The van der Waals surface area contributed by atoms with Crippen LogP contribution in [0.4, 0.5) is 0 Å². The van der Waals surface area contributed by atoms with Crippen molar-refractivity contribution in [2.75, 3.05) is 26.7 Å². The smallest absolute Gasteiger partial charge is 0.127 e. The number of aromatic hydroxyl groups is 1. The van der Waals surface area contributed by atoms with Crippen molar-refractivity contribution < 1.29 is 9.84 Å². The molecule has 82 valence electrons. The zero-order valence-electron chi connectivity index (χ0n) is 8.79. The lowest BCUT2D eigenvalue weighted by Gasteiger charge is -2.26. The van der Waals surface area contributed by atoms with Crippen molar-refractivity contribution in [2.45, 2.75) is 6.04 Å². The fourth-order valence-corrected chi connectivity index (χ4v) is 1.86. The van der Waals surface area contributed by atoms with Crippen LogP contribution in [-0.4, -0.2) is 31.9 Å². The second kappa shape index (κ2) is 4.51. The Balaban J connectivity index is 2.25. The van der Waals surface area contributed by atoms with Crippen LogP contribution in [0.15, 0.2) is 18.2 Å².